The molecule has 0 aliphatic carbocycles. The average molecular weight is 382 g/mol. The van der Waals surface area contributed by atoms with E-state index in [4.69, 9.17) is 0 Å². The molecule has 0 radical (unpaired) electrons. The summed E-state index contributed by atoms with van der Waals surface area (Å²) in [5, 5.41) is 12.1. The number of aromatic nitrogens is 3. The summed E-state index contributed by atoms with van der Waals surface area (Å²) in [6.07, 6.45) is 0. The van der Waals surface area contributed by atoms with E-state index in [1.807, 2.05) is 85.2 Å². The fourth-order valence-electron chi connectivity index (χ4n) is 2.57. The van der Waals surface area contributed by atoms with Crippen LogP contribution in [0.1, 0.15) is 5.56 Å². The zero-order valence-corrected chi connectivity index (χ0v) is 16.5. The van der Waals surface area contributed by atoms with E-state index in [0.29, 0.717) is 12.3 Å². The molecule has 1 heterocycles. The first kappa shape index (κ1) is 19.0. The molecule has 7 heteroatoms. The van der Waals surface area contributed by atoms with E-state index in [2.05, 4.69) is 15.5 Å². The molecule has 0 atom stereocenters. The Bertz CT molecular complexity index is 890. The Morgan fingerprint density at radius 2 is 1.78 bits per heavy atom. The third-order valence-corrected chi connectivity index (χ3v) is 5.16. The molecule has 0 saturated carbocycles. The Balaban J connectivity index is 1.51. The monoisotopic (exact) mass is 381 g/mol. The highest BCUT2D eigenvalue weighted by atomic mass is 32.2. The Hall–Kier alpha value is -2.80. The van der Waals surface area contributed by atoms with Gasteiger partial charge in [-0.3, -0.25) is 4.79 Å². The van der Waals surface area contributed by atoms with Crippen LogP contribution >= 0.6 is 11.8 Å². The van der Waals surface area contributed by atoms with Crippen molar-refractivity contribution < 1.29 is 4.79 Å². The molecule has 2 aromatic carbocycles. The lowest BCUT2D eigenvalue weighted by Crippen LogP contribution is -2.24. The van der Waals surface area contributed by atoms with E-state index in [0.717, 1.165) is 27.8 Å². The summed E-state index contributed by atoms with van der Waals surface area (Å²) in [7, 11) is 5.92. The van der Waals surface area contributed by atoms with Crippen LogP contribution < -0.4 is 10.2 Å². The number of anilines is 1. The molecule has 6 nitrogen and oxygen atoms in total. The van der Waals surface area contributed by atoms with Crippen LogP contribution in [0.3, 0.4) is 0 Å². The predicted octanol–water partition coefficient (Wildman–Crippen LogP) is 2.96. The molecule has 27 heavy (non-hydrogen) atoms. The topological polar surface area (TPSA) is 63.1 Å². The molecule has 1 N–H and O–H groups in total. The van der Waals surface area contributed by atoms with Crippen molar-refractivity contribution in [2.45, 2.75) is 11.7 Å². The number of hydrogen-bond donors (Lipinski definition) is 1. The minimum Gasteiger partial charge on any atom is -0.378 e. The summed E-state index contributed by atoms with van der Waals surface area (Å²) < 4.78 is 1.91. The molecule has 0 spiro atoms. The SMILES string of the molecule is CN(C)c1ccc(CNC(=O)CSc2nnc(-c3ccccc3)n2C)cc1. The van der Waals surface area contributed by atoms with Gasteiger partial charge in [0.05, 0.1) is 5.75 Å². The Morgan fingerprint density at radius 1 is 1.07 bits per heavy atom. The van der Waals surface area contributed by atoms with Crippen molar-refractivity contribution in [3.63, 3.8) is 0 Å². The van der Waals surface area contributed by atoms with Gasteiger partial charge < -0.3 is 14.8 Å². The summed E-state index contributed by atoms with van der Waals surface area (Å²) in [6.45, 7) is 0.515. The predicted molar refractivity (Wildman–Crippen MR) is 110 cm³/mol. The second kappa shape index (κ2) is 8.73. The second-order valence-corrected chi connectivity index (χ2v) is 7.30. The van der Waals surface area contributed by atoms with E-state index in [9.17, 15) is 4.79 Å². The molecule has 0 fully saturated rings. The number of thioether (sulfide) groups is 1. The molecular weight excluding hydrogens is 358 g/mol. The average Bonchev–Trinajstić information content (AvgIpc) is 3.06. The highest BCUT2D eigenvalue weighted by molar-refractivity contribution is 7.99. The smallest absolute Gasteiger partial charge is 0.230 e. The van der Waals surface area contributed by atoms with Crippen LogP contribution in [0.4, 0.5) is 5.69 Å². The van der Waals surface area contributed by atoms with Crippen LogP contribution in [0, 0.1) is 0 Å². The molecule has 0 unspecified atom stereocenters. The minimum absolute atomic E-state index is 0.0269. The third kappa shape index (κ3) is 4.89. The number of nitrogens with zero attached hydrogens (tertiary/aromatic N) is 4. The summed E-state index contributed by atoms with van der Waals surface area (Å²) in [5.41, 5.74) is 3.21. The normalized spacial score (nSPS) is 10.6. The molecule has 3 aromatic rings. The Labute approximate surface area is 163 Å². The zero-order valence-electron chi connectivity index (χ0n) is 15.7. The number of carbonyl (C=O) groups is 1. The number of hydrogen-bond acceptors (Lipinski definition) is 5. The van der Waals surface area contributed by atoms with Gasteiger partial charge in [-0.15, -0.1) is 10.2 Å². The molecule has 0 saturated heterocycles. The Kier molecular flexibility index (Phi) is 6.13. The maximum Gasteiger partial charge on any atom is 0.230 e. The summed E-state index contributed by atoms with van der Waals surface area (Å²) in [6, 6.07) is 18.0. The van der Waals surface area contributed by atoms with Gasteiger partial charge in [0.1, 0.15) is 0 Å². The summed E-state index contributed by atoms with van der Waals surface area (Å²) >= 11 is 1.38. The molecule has 3 rings (SSSR count). The van der Waals surface area contributed by atoms with Crippen molar-refractivity contribution >= 4 is 23.4 Å². The van der Waals surface area contributed by atoms with Gasteiger partial charge in [0, 0.05) is 38.9 Å². The van der Waals surface area contributed by atoms with Crippen molar-refractivity contribution in [3.05, 3.63) is 60.2 Å². The van der Waals surface area contributed by atoms with E-state index in [-0.39, 0.29) is 5.91 Å². The quantitative estimate of drug-likeness (QED) is 0.638. The first-order valence-electron chi connectivity index (χ1n) is 8.65. The Morgan fingerprint density at radius 3 is 2.44 bits per heavy atom. The maximum absolute atomic E-state index is 12.2. The van der Waals surface area contributed by atoms with Gasteiger partial charge in [0.2, 0.25) is 5.91 Å². The molecule has 0 aliphatic heterocycles. The molecular formula is C20H23N5OS. The second-order valence-electron chi connectivity index (χ2n) is 6.36. The molecule has 1 amide bonds. The van der Waals surface area contributed by atoms with Crippen LogP contribution in [-0.4, -0.2) is 40.5 Å². The van der Waals surface area contributed by atoms with Crippen molar-refractivity contribution in [1.82, 2.24) is 20.1 Å². The van der Waals surface area contributed by atoms with Gasteiger partial charge in [-0.25, -0.2) is 0 Å². The largest absolute Gasteiger partial charge is 0.378 e. The lowest BCUT2D eigenvalue weighted by molar-refractivity contribution is -0.118. The highest BCUT2D eigenvalue weighted by Gasteiger charge is 2.12. The van der Waals surface area contributed by atoms with Crippen molar-refractivity contribution in [2.24, 2.45) is 7.05 Å². The maximum atomic E-state index is 12.2. The van der Waals surface area contributed by atoms with Crippen molar-refractivity contribution in [2.75, 3.05) is 24.7 Å². The van der Waals surface area contributed by atoms with E-state index >= 15 is 0 Å². The first-order valence-corrected chi connectivity index (χ1v) is 9.63. The zero-order chi connectivity index (χ0) is 19.2. The van der Waals surface area contributed by atoms with Crippen molar-refractivity contribution in [1.29, 1.82) is 0 Å². The first-order chi connectivity index (χ1) is 13.0. The van der Waals surface area contributed by atoms with Crippen LogP contribution in [0.2, 0.25) is 0 Å². The number of rotatable bonds is 7. The van der Waals surface area contributed by atoms with Gasteiger partial charge >= 0.3 is 0 Å². The lowest BCUT2D eigenvalue weighted by atomic mass is 10.2. The fraction of sp³-hybridized carbons (Fsp3) is 0.250. The molecule has 1 aromatic heterocycles. The van der Waals surface area contributed by atoms with Crippen LogP contribution in [-0.2, 0) is 18.4 Å². The van der Waals surface area contributed by atoms with Crippen molar-refractivity contribution in [3.8, 4) is 11.4 Å². The van der Waals surface area contributed by atoms with E-state index < -0.39 is 0 Å². The summed E-state index contributed by atoms with van der Waals surface area (Å²) in [5.74, 6) is 1.07. The highest BCUT2D eigenvalue weighted by Crippen LogP contribution is 2.22. The number of carbonyl (C=O) groups excluding carboxylic acids is 1. The number of benzene rings is 2. The molecule has 0 bridgehead atoms. The standard InChI is InChI=1S/C20H23N5OS/c1-24(2)17-11-9-15(10-12-17)13-21-18(26)14-27-20-23-22-19(25(20)3)16-7-5-4-6-8-16/h4-12H,13-14H2,1-3H3,(H,21,26). The van der Waals surface area contributed by atoms with Crippen LogP contribution in [0.15, 0.2) is 59.8 Å². The van der Waals surface area contributed by atoms with Crippen LogP contribution in [0.25, 0.3) is 11.4 Å². The lowest BCUT2D eigenvalue weighted by Gasteiger charge is -2.12. The van der Waals surface area contributed by atoms with Gasteiger partial charge in [0.25, 0.3) is 0 Å². The van der Waals surface area contributed by atoms with Gasteiger partial charge in [-0.1, -0.05) is 54.2 Å². The van der Waals surface area contributed by atoms with E-state index in [1.54, 1.807) is 0 Å². The van der Waals surface area contributed by atoms with Gasteiger partial charge in [-0.2, -0.15) is 0 Å². The summed E-state index contributed by atoms with van der Waals surface area (Å²) in [4.78, 5) is 14.2. The third-order valence-electron chi connectivity index (χ3n) is 4.14. The molecule has 0 aliphatic rings. The van der Waals surface area contributed by atoms with Gasteiger partial charge in [-0.05, 0) is 17.7 Å². The van der Waals surface area contributed by atoms with Gasteiger partial charge in [0.15, 0.2) is 11.0 Å². The number of nitrogens with one attached hydrogen (secondary N) is 1. The molecule has 140 valence electrons. The van der Waals surface area contributed by atoms with E-state index in [1.165, 1.54) is 11.8 Å². The van der Waals surface area contributed by atoms with Crippen LogP contribution in [0.5, 0.6) is 0 Å². The minimum atomic E-state index is -0.0269. The fourth-order valence-corrected chi connectivity index (χ4v) is 3.31. The number of amides is 1.